The Labute approximate surface area is 288 Å². The summed E-state index contributed by atoms with van der Waals surface area (Å²) >= 11 is 0. The first kappa shape index (κ1) is 33.2. The van der Waals surface area contributed by atoms with E-state index in [0.29, 0.717) is 36.1 Å². The van der Waals surface area contributed by atoms with Crippen LogP contribution in [-0.4, -0.2) is 56.3 Å². The van der Waals surface area contributed by atoms with Gasteiger partial charge in [-0.2, -0.15) is 5.01 Å². The van der Waals surface area contributed by atoms with Gasteiger partial charge in [-0.1, -0.05) is 78.2 Å². The van der Waals surface area contributed by atoms with Crippen molar-refractivity contribution in [3.8, 4) is 5.75 Å². The van der Waals surface area contributed by atoms with Gasteiger partial charge in [0.05, 0.1) is 28.9 Å². The molecule has 0 unspecified atom stereocenters. The van der Waals surface area contributed by atoms with Gasteiger partial charge < -0.3 is 10.2 Å². The van der Waals surface area contributed by atoms with E-state index in [2.05, 4.69) is 5.43 Å². The standard InChI is InChI=1S/C39H38FN3O7/c1-22-14-16-24(17-15-22)41-43-36(48)29-21-28-25(18-19-26-32(28)37(49)42(35(26)47)20-7-3-6-13-31(44)45)33(27-11-8-12-30(40)34(27)46)39(29,38(43)50)23-9-4-2-5-10-23/h2,4-5,8-12,14-18,26,28-29,32-33,41,46H,3,6-7,13,19-21H2,1H3,(H,44,45)/t26-,28+,29-,32-,33+,39+/m0/s1. The van der Waals surface area contributed by atoms with E-state index in [1.54, 1.807) is 48.5 Å². The third-order valence-electron chi connectivity index (χ3n) is 11.1. The predicted molar refractivity (Wildman–Crippen MR) is 180 cm³/mol. The highest BCUT2D eigenvalue weighted by Crippen LogP contribution is 2.65. The quantitative estimate of drug-likeness (QED) is 0.145. The van der Waals surface area contributed by atoms with Crippen molar-refractivity contribution in [1.29, 1.82) is 0 Å². The fraction of sp³-hybridized carbons (Fsp3) is 0.359. The van der Waals surface area contributed by atoms with E-state index < -0.39 is 64.4 Å². The summed E-state index contributed by atoms with van der Waals surface area (Å²) in [5, 5.41) is 21.3. The first-order valence-electron chi connectivity index (χ1n) is 17.1. The van der Waals surface area contributed by atoms with Gasteiger partial charge in [0.25, 0.3) is 11.8 Å². The molecule has 258 valence electrons. The molecular formula is C39H38FN3O7. The zero-order chi connectivity index (χ0) is 35.3. The summed E-state index contributed by atoms with van der Waals surface area (Å²) in [6.07, 6.45) is 3.57. The molecule has 3 aromatic rings. The Kier molecular flexibility index (Phi) is 8.53. The molecule has 2 aliphatic carbocycles. The van der Waals surface area contributed by atoms with E-state index >= 15 is 9.18 Å². The molecule has 3 N–H and O–H groups in total. The molecule has 2 saturated heterocycles. The van der Waals surface area contributed by atoms with Crippen LogP contribution in [0.2, 0.25) is 0 Å². The number of carboxylic acids is 1. The number of phenolic OH excluding ortho intramolecular Hbond substituents is 1. The molecule has 10 nitrogen and oxygen atoms in total. The number of hydrogen-bond acceptors (Lipinski definition) is 7. The largest absolute Gasteiger partial charge is 0.505 e. The summed E-state index contributed by atoms with van der Waals surface area (Å²) in [7, 11) is 0. The summed E-state index contributed by atoms with van der Waals surface area (Å²) in [4.78, 5) is 69.8. The van der Waals surface area contributed by atoms with E-state index in [-0.39, 0.29) is 43.2 Å². The number of nitrogens with zero attached hydrogens (tertiary/aromatic N) is 2. The minimum atomic E-state index is -1.62. The number of carbonyl (C=O) groups excluding carboxylic acids is 4. The third kappa shape index (κ3) is 5.18. The molecule has 0 spiro atoms. The van der Waals surface area contributed by atoms with Gasteiger partial charge in [-0.3, -0.25) is 34.3 Å². The molecule has 11 heteroatoms. The highest BCUT2D eigenvalue weighted by Gasteiger charge is 2.70. The maximum atomic E-state index is 15.2. The number of anilines is 1. The number of benzene rings is 3. The SMILES string of the molecule is Cc1ccc(NN2C(=O)[C@@H]3C[C@@H]4C(=CC[C@@H]5C(=O)N(CCCCCC(=O)O)C(=O)[C@@H]54)[C@H](c4cccc(F)c4O)[C@]3(c3ccccc3)C2=O)cc1. The van der Waals surface area contributed by atoms with Crippen molar-refractivity contribution in [3.63, 3.8) is 0 Å². The number of imide groups is 2. The highest BCUT2D eigenvalue weighted by molar-refractivity contribution is 6.13. The lowest BCUT2D eigenvalue weighted by atomic mass is 9.49. The number of unbranched alkanes of at least 4 members (excludes halogenated alkanes) is 2. The third-order valence-corrected chi connectivity index (χ3v) is 11.1. The fourth-order valence-electron chi connectivity index (χ4n) is 8.87. The zero-order valence-corrected chi connectivity index (χ0v) is 27.6. The van der Waals surface area contributed by atoms with E-state index in [1.165, 1.54) is 11.0 Å². The minimum Gasteiger partial charge on any atom is -0.505 e. The lowest BCUT2D eigenvalue weighted by Crippen LogP contribution is -2.53. The minimum absolute atomic E-state index is 0.00387. The maximum absolute atomic E-state index is 15.2. The summed E-state index contributed by atoms with van der Waals surface area (Å²) in [6.45, 7) is 2.08. The number of likely N-dealkylation sites (tertiary alicyclic amines) is 1. The van der Waals surface area contributed by atoms with Crippen LogP contribution in [0.25, 0.3) is 0 Å². The first-order valence-corrected chi connectivity index (χ1v) is 17.1. The van der Waals surface area contributed by atoms with Gasteiger partial charge in [0.1, 0.15) is 0 Å². The number of hydrazine groups is 1. The van der Waals surface area contributed by atoms with Crippen LogP contribution in [0.15, 0.2) is 84.4 Å². The molecular weight excluding hydrogens is 641 g/mol. The Morgan fingerprint density at radius 3 is 2.36 bits per heavy atom. The fourth-order valence-corrected chi connectivity index (χ4v) is 8.87. The normalized spacial score (nSPS) is 27.2. The van der Waals surface area contributed by atoms with Crippen molar-refractivity contribution in [1.82, 2.24) is 9.91 Å². The van der Waals surface area contributed by atoms with Gasteiger partial charge in [-0.15, -0.1) is 0 Å². The zero-order valence-electron chi connectivity index (χ0n) is 27.6. The van der Waals surface area contributed by atoms with Crippen molar-refractivity contribution in [2.45, 2.75) is 56.8 Å². The van der Waals surface area contributed by atoms with Crippen molar-refractivity contribution in [2.24, 2.45) is 23.7 Å². The number of carbonyl (C=O) groups is 5. The Hall–Kier alpha value is -5.32. The summed E-state index contributed by atoms with van der Waals surface area (Å²) in [6, 6.07) is 20.2. The Morgan fingerprint density at radius 2 is 1.64 bits per heavy atom. The number of halogens is 1. The van der Waals surface area contributed by atoms with Crippen molar-refractivity contribution >= 4 is 35.3 Å². The van der Waals surface area contributed by atoms with Crippen molar-refractivity contribution in [2.75, 3.05) is 12.0 Å². The van der Waals surface area contributed by atoms with Gasteiger partial charge in [0.15, 0.2) is 11.6 Å². The summed E-state index contributed by atoms with van der Waals surface area (Å²) < 4.78 is 15.2. The van der Waals surface area contributed by atoms with E-state index in [9.17, 15) is 24.3 Å². The molecule has 50 heavy (non-hydrogen) atoms. The van der Waals surface area contributed by atoms with Crippen molar-refractivity contribution < 1.29 is 38.6 Å². The predicted octanol–water partition coefficient (Wildman–Crippen LogP) is 5.47. The van der Waals surface area contributed by atoms with Crippen LogP contribution < -0.4 is 5.43 Å². The number of rotatable bonds is 10. The number of aliphatic carboxylic acids is 1. The molecule has 0 radical (unpaired) electrons. The van der Waals surface area contributed by atoms with E-state index in [4.69, 9.17) is 5.11 Å². The van der Waals surface area contributed by atoms with Crippen LogP contribution in [0.1, 0.15) is 61.1 Å². The Balaban J connectivity index is 1.34. The number of carboxylic acid groups (broad SMARTS) is 1. The molecule has 3 fully saturated rings. The molecule has 0 aromatic heterocycles. The van der Waals surface area contributed by atoms with Crippen LogP contribution in [0.3, 0.4) is 0 Å². The van der Waals surface area contributed by atoms with Gasteiger partial charge in [0, 0.05) is 24.4 Å². The van der Waals surface area contributed by atoms with Crippen LogP contribution in [0, 0.1) is 36.4 Å². The van der Waals surface area contributed by atoms with Crippen LogP contribution in [-0.2, 0) is 29.4 Å². The maximum Gasteiger partial charge on any atom is 0.303 e. The smallest absolute Gasteiger partial charge is 0.303 e. The summed E-state index contributed by atoms with van der Waals surface area (Å²) in [5.74, 6) is -8.39. The molecule has 4 aliphatic rings. The number of para-hydroxylation sites is 1. The Bertz CT molecular complexity index is 1910. The Morgan fingerprint density at radius 1 is 0.900 bits per heavy atom. The van der Waals surface area contributed by atoms with Crippen molar-refractivity contribution in [3.05, 3.63) is 107 Å². The molecule has 1 saturated carbocycles. The second kappa shape index (κ2) is 12.9. The highest BCUT2D eigenvalue weighted by atomic mass is 19.1. The van der Waals surface area contributed by atoms with Gasteiger partial charge in [-0.25, -0.2) is 4.39 Å². The van der Waals surface area contributed by atoms with Gasteiger partial charge in [-0.05, 0) is 62.3 Å². The van der Waals surface area contributed by atoms with Crippen LogP contribution in [0.5, 0.6) is 5.75 Å². The monoisotopic (exact) mass is 679 g/mol. The average molecular weight is 680 g/mol. The number of allylic oxidation sites excluding steroid dienone is 2. The van der Waals surface area contributed by atoms with E-state index in [0.717, 1.165) is 16.6 Å². The number of phenols is 1. The topological polar surface area (TPSA) is 144 Å². The van der Waals surface area contributed by atoms with Gasteiger partial charge >= 0.3 is 5.97 Å². The molecule has 3 aromatic carbocycles. The van der Waals surface area contributed by atoms with Gasteiger partial charge in [0.2, 0.25) is 11.8 Å². The second-order valence-corrected chi connectivity index (χ2v) is 13.8. The van der Waals surface area contributed by atoms with Crippen LogP contribution >= 0.6 is 0 Å². The molecule has 0 bridgehead atoms. The average Bonchev–Trinajstić information content (AvgIpc) is 3.48. The first-order chi connectivity index (χ1) is 24.0. The second-order valence-electron chi connectivity index (χ2n) is 13.8. The lowest BCUT2D eigenvalue weighted by molar-refractivity contribution is -0.141. The summed E-state index contributed by atoms with van der Waals surface area (Å²) in [5.41, 5.74) is 4.16. The molecule has 4 amide bonds. The van der Waals surface area contributed by atoms with Crippen LogP contribution in [0.4, 0.5) is 10.1 Å². The molecule has 7 rings (SSSR count). The number of amides is 4. The number of aromatic hydroxyl groups is 1. The lowest BCUT2D eigenvalue weighted by Gasteiger charge is -2.50. The molecule has 2 heterocycles. The number of aryl methyl sites for hydroxylation is 1. The number of fused-ring (bicyclic) bond motifs is 4. The molecule has 6 atom stereocenters. The number of hydrogen-bond donors (Lipinski definition) is 3. The number of nitrogens with one attached hydrogen (secondary N) is 1. The molecule has 2 aliphatic heterocycles. The van der Waals surface area contributed by atoms with E-state index in [1.807, 2.05) is 25.1 Å².